The molecule has 6 heteroatoms. The van der Waals surface area contributed by atoms with Crippen molar-refractivity contribution in [3.05, 3.63) is 54.0 Å². The molecule has 144 valence electrons. The predicted octanol–water partition coefficient (Wildman–Crippen LogP) is 2.76. The van der Waals surface area contributed by atoms with Gasteiger partial charge in [0, 0.05) is 50.7 Å². The van der Waals surface area contributed by atoms with Crippen LogP contribution in [-0.4, -0.2) is 42.1 Å². The van der Waals surface area contributed by atoms with Gasteiger partial charge in [-0.1, -0.05) is 6.07 Å². The van der Waals surface area contributed by atoms with Crippen molar-refractivity contribution >= 4 is 11.8 Å². The third-order valence-electron chi connectivity index (χ3n) is 4.65. The highest BCUT2D eigenvalue weighted by atomic mass is 15.2. The molecule has 0 radical (unpaired) electrons. The van der Waals surface area contributed by atoms with E-state index in [-0.39, 0.29) is 0 Å². The van der Waals surface area contributed by atoms with Crippen LogP contribution < -0.4 is 15.5 Å². The summed E-state index contributed by atoms with van der Waals surface area (Å²) in [6.45, 7) is 6.58. The number of anilines is 1. The van der Waals surface area contributed by atoms with E-state index in [1.165, 1.54) is 24.8 Å². The molecule has 0 atom stereocenters. The number of piperidine rings is 1. The number of aromatic nitrogens is 2. The summed E-state index contributed by atoms with van der Waals surface area (Å²) in [4.78, 5) is 16.0. The first-order valence-corrected chi connectivity index (χ1v) is 9.97. The molecular formula is C21H30N6. The SMILES string of the molecule is CCNC(=NCc1ccnc(N2CCCCC2)c1)NCCc1ccccn1. The van der Waals surface area contributed by atoms with E-state index >= 15 is 0 Å². The van der Waals surface area contributed by atoms with Gasteiger partial charge in [-0.3, -0.25) is 4.98 Å². The second-order valence-electron chi connectivity index (χ2n) is 6.76. The Balaban J connectivity index is 1.55. The van der Waals surface area contributed by atoms with Crippen LogP contribution in [-0.2, 0) is 13.0 Å². The number of hydrogen-bond donors (Lipinski definition) is 2. The Morgan fingerprint density at radius 3 is 2.74 bits per heavy atom. The van der Waals surface area contributed by atoms with E-state index in [0.29, 0.717) is 6.54 Å². The molecule has 1 fully saturated rings. The Hall–Kier alpha value is -2.63. The lowest BCUT2D eigenvalue weighted by Crippen LogP contribution is -2.38. The lowest BCUT2D eigenvalue weighted by Gasteiger charge is -2.27. The maximum absolute atomic E-state index is 4.73. The Kier molecular flexibility index (Phi) is 7.45. The van der Waals surface area contributed by atoms with Gasteiger partial charge in [-0.15, -0.1) is 0 Å². The number of aliphatic imine (C=N–C) groups is 1. The van der Waals surface area contributed by atoms with E-state index in [9.17, 15) is 0 Å². The molecule has 2 aromatic rings. The topological polar surface area (TPSA) is 65.4 Å². The Morgan fingerprint density at radius 1 is 1.07 bits per heavy atom. The first-order chi connectivity index (χ1) is 13.3. The van der Waals surface area contributed by atoms with Crippen LogP contribution in [0.1, 0.15) is 37.4 Å². The summed E-state index contributed by atoms with van der Waals surface area (Å²) in [5.74, 6) is 1.92. The molecule has 0 aliphatic carbocycles. The van der Waals surface area contributed by atoms with Crippen molar-refractivity contribution < 1.29 is 0 Å². The fraction of sp³-hybridized carbons (Fsp3) is 0.476. The minimum Gasteiger partial charge on any atom is -0.357 e. The third-order valence-corrected chi connectivity index (χ3v) is 4.65. The van der Waals surface area contributed by atoms with E-state index in [4.69, 9.17) is 4.99 Å². The summed E-state index contributed by atoms with van der Waals surface area (Å²) in [6, 6.07) is 10.2. The summed E-state index contributed by atoms with van der Waals surface area (Å²) in [5, 5.41) is 6.70. The van der Waals surface area contributed by atoms with Gasteiger partial charge in [0.15, 0.2) is 5.96 Å². The maximum atomic E-state index is 4.73. The predicted molar refractivity (Wildman–Crippen MR) is 111 cm³/mol. The van der Waals surface area contributed by atoms with Gasteiger partial charge in [0.05, 0.1) is 6.54 Å². The van der Waals surface area contributed by atoms with E-state index in [2.05, 4.69) is 44.6 Å². The summed E-state index contributed by atoms with van der Waals surface area (Å²) in [6.07, 6.45) is 8.45. The fourth-order valence-corrected chi connectivity index (χ4v) is 3.22. The van der Waals surface area contributed by atoms with Crippen LogP contribution in [0.4, 0.5) is 5.82 Å². The van der Waals surface area contributed by atoms with Gasteiger partial charge in [-0.25, -0.2) is 9.98 Å². The van der Waals surface area contributed by atoms with Gasteiger partial charge in [-0.05, 0) is 56.0 Å². The maximum Gasteiger partial charge on any atom is 0.191 e. The molecule has 1 saturated heterocycles. The lowest BCUT2D eigenvalue weighted by atomic mass is 10.1. The van der Waals surface area contributed by atoms with Crippen molar-refractivity contribution in [2.24, 2.45) is 4.99 Å². The van der Waals surface area contributed by atoms with Crippen LogP contribution >= 0.6 is 0 Å². The summed E-state index contributed by atoms with van der Waals surface area (Å²) >= 11 is 0. The number of nitrogens with zero attached hydrogens (tertiary/aromatic N) is 4. The van der Waals surface area contributed by atoms with Crippen molar-refractivity contribution in [3.63, 3.8) is 0 Å². The van der Waals surface area contributed by atoms with E-state index in [1.54, 1.807) is 0 Å². The smallest absolute Gasteiger partial charge is 0.191 e. The lowest BCUT2D eigenvalue weighted by molar-refractivity contribution is 0.573. The van der Waals surface area contributed by atoms with Gasteiger partial charge in [-0.2, -0.15) is 0 Å². The molecule has 3 heterocycles. The fourth-order valence-electron chi connectivity index (χ4n) is 3.22. The monoisotopic (exact) mass is 366 g/mol. The average Bonchev–Trinajstić information content (AvgIpc) is 2.74. The highest BCUT2D eigenvalue weighted by Crippen LogP contribution is 2.18. The number of guanidine groups is 1. The second-order valence-corrected chi connectivity index (χ2v) is 6.76. The number of nitrogens with one attached hydrogen (secondary N) is 2. The molecule has 1 aliphatic rings. The zero-order chi connectivity index (χ0) is 18.7. The molecular weight excluding hydrogens is 336 g/mol. The number of hydrogen-bond acceptors (Lipinski definition) is 4. The van der Waals surface area contributed by atoms with Crippen molar-refractivity contribution in [2.45, 2.75) is 39.2 Å². The van der Waals surface area contributed by atoms with Crippen LogP contribution in [0.2, 0.25) is 0 Å². The van der Waals surface area contributed by atoms with Crippen molar-refractivity contribution in [1.29, 1.82) is 0 Å². The average molecular weight is 367 g/mol. The van der Waals surface area contributed by atoms with Gasteiger partial charge >= 0.3 is 0 Å². The van der Waals surface area contributed by atoms with E-state index in [0.717, 1.165) is 50.1 Å². The normalized spacial score (nSPS) is 14.9. The molecule has 6 nitrogen and oxygen atoms in total. The van der Waals surface area contributed by atoms with Gasteiger partial charge in [0.1, 0.15) is 5.82 Å². The Morgan fingerprint density at radius 2 is 1.96 bits per heavy atom. The molecule has 2 aromatic heterocycles. The van der Waals surface area contributed by atoms with E-state index in [1.807, 2.05) is 30.6 Å². The molecule has 0 unspecified atom stereocenters. The van der Waals surface area contributed by atoms with Crippen LogP contribution in [0.25, 0.3) is 0 Å². The van der Waals surface area contributed by atoms with Crippen LogP contribution in [0.3, 0.4) is 0 Å². The molecule has 0 aromatic carbocycles. The third kappa shape index (κ3) is 6.24. The standard InChI is InChI=1S/C21H30N6/c1-2-22-21(25-13-10-19-8-4-5-11-23-19)26-17-18-9-12-24-20(16-18)27-14-6-3-7-15-27/h4-5,8-9,11-12,16H,2-3,6-7,10,13-15,17H2,1H3,(H2,22,25,26). The highest BCUT2D eigenvalue weighted by molar-refractivity contribution is 5.79. The van der Waals surface area contributed by atoms with Crippen LogP contribution in [0, 0.1) is 0 Å². The molecule has 0 amide bonds. The van der Waals surface area contributed by atoms with Gasteiger partial charge in [0.25, 0.3) is 0 Å². The van der Waals surface area contributed by atoms with Crippen molar-refractivity contribution in [3.8, 4) is 0 Å². The molecule has 27 heavy (non-hydrogen) atoms. The molecule has 0 saturated carbocycles. The highest BCUT2D eigenvalue weighted by Gasteiger charge is 2.12. The van der Waals surface area contributed by atoms with E-state index < -0.39 is 0 Å². The Bertz CT molecular complexity index is 710. The van der Waals surface area contributed by atoms with Gasteiger partial charge < -0.3 is 15.5 Å². The van der Waals surface area contributed by atoms with Crippen molar-refractivity contribution in [2.75, 3.05) is 31.1 Å². The quantitative estimate of drug-likeness (QED) is 0.583. The molecule has 2 N–H and O–H groups in total. The largest absolute Gasteiger partial charge is 0.357 e. The number of rotatable bonds is 7. The van der Waals surface area contributed by atoms with Gasteiger partial charge in [0.2, 0.25) is 0 Å². The minimum atomic E-state index is 0.641. The Labute approximate surface area is 162 Å². The molecule has 0 bridgehead atoms. The summed E-state index contributed by atoms with van der Waals surface area (Å²) in [5.41, 5.74) is 2.27. The summed E-state index contributed by atoms with van der Waals surface area (Å²) < 4.78 is 0. The first-order valence-electron chi connectivity index (χ1n) is 9.97. The van der Waals surface area contributed by atoms with Crippen LogP contribution in [0.5, 0.6) is 0 Å². The minimum absolute atomic E-state index is 0.641. The van der Waals surface area contributed by atoms with Crippen molar-refractivity contribution in [1.82, 2.24) is 20.6 Å². The molecule has 3 rings (SSSR count). The number of pyridine rings is 2. The zero-order valence-corrected chi connectivity index (χ0v) is 16.2. The summed E-state index contributed by atoms with van der Waals surface area (Å²) in [7, 11) is 0. The molecule has 0 spiro atoms. The second kappa shape index (κ2) is 10.5. The molecule has 1 aliphatic heterocycles. The zero-order valence-electron chi connectivity index (χ0n) is 16.2. The van der Waals surface area contributed by atoms with Crippen LogP contribution in [0.15, 0.2) is 47.7 Å². The first kappa shape index (κ1) is 19.1.